The summed E-state index contributed by atoms with van der Waals surface area (Å²) in [6.45, 7) is 8.74. The summed E-state index contributed by atoms with van der Waals surface area (Å²) in [7, 11) is 0. The number of fused-ring (bicyclic) bond motifs is 9. The van der Waals surface area contributed by atoms with Gasteiger partial charge in [-0.3, -0.25) is 25.1 Å². The minimum Gasteiger partial charge on any atom is -0.444 e. The fourth-order valence-electron chi connectivity index (χ4n) is 15.5. The molecule has 2 aliphatic heterocycles. The number of hydrogen-bond donors (Lipinski definition) is 10. The van der Waals surface area contributed by atoms with Crippen LogP contribution in [0, 0.1) is 5.82 Å². The Kier molecular flexibility index (Phi) is 24.1. The van der Waals surface area contributed by atoms with E-state index in [-0.39, 0.29) is 11.9 Å². The van der Waals surface area contributed by atoms with Gasteiger partial charge >= 0.3 is 6.09 Å². The number of carbonyl (C=O) groups excluding carboxylic acids is 1. The summed E-state index contributed by atoms with van der Waals surface area (Å²) < 4.78 is 18.9. The van der Waals surface area contributed by atoms with Crippen LogP contribution >= 0.6 is 34.0 Å². The largest absolute Gasteiger partial charge is 0.444 e. The van der Waals surface area contributed by atoms with Crippen molar-refractivity contribution in [1.29, 1.82) is 0 Å². The molecular weight excluding hydrogens is 1710 g/mol. The molecule has 0 bridgehead atoms. The van der Waals surface area contributed by atoms with E-state index in [4.69, 9.17) is 34.6 Å². The number of nitrogens with zero attached hydrogens (tertiary/aromatic N) is 16. The molecule has 10 N–H and O–H groups in total. The highest BCUT2D eigenvalue weighted by Crippen LogP contribution is 2.38. The third kappa shape index (κ3) is 19.4. The summed E-state index contributed by atoms with van der Waals surface area (Å²) in [6.07, 6.45) is 17.4. The SMILES string of the molecule is CC(C)(C)OC(=O)N1CC=C(c2nc(Nc3ccc4[nH]ccc4c3)c3ccccc3n2)CC1.Fc1cccc(Nc2nc(-c3cncs3)nc3ccccc23)c1.c1ccc2c(Nc3ccc4[nH]ccc4c3)nc(-c3cncs3)nc2c1.c1ccc2c(Nc3ccc4[nH]ncc4c3)nc(-c3cncs3)nc2c1.c1ccc2c(Nc3ccc4[nH]ncc4c3)nc(C3CCNCC3)nc2c1. The molecule has 650 valence electrons. The molecule has 0 saturated carbocycles. The van der Waals surface area contributed by atoms with E-state index in [0.717, 1.165) is 196 Å². The zero-order chi connectivity index (χ0) is 89.3. The zero-order valence-electron chi connectivity index (χ0n) is 71.4. The highest BCUT2D eigenvalue weighted by atomic mass is 32.1. The first-order valence-electron chi connectivity index (χ1n) is 42.7. The molecular formula is C100H83FN26O2S3. The fraction of sp³-hybridized carbons (Fsp3) is 0.120. The maximum Gasteiger partial charge on any atom is 0.410 e. The quantitative estimate of drug-likeness (QED) is 0.0456. The molecule has 2 aliphatic rings. The van der Waals surface area contributed by atoms with Crippen molar-refractivity contribution in [1.82, 2.24) is 105 Å². The maximum absolute atomic E-state index is 13.4. The van der Waals surface area contributed by atoms with Gasteiger partial charge in [0.1, 0.15) is 46.3 Å². The molecule has 12 aromatic heterocycles. The monoisotopic (exact) mass is 1790 g/mol. The van der Waals surface area contributed by atoms with Crippen LogP contribution in [0.5, 0.6) is 0 Å². The minimum atomic E-state index is -0.507. The van der Waals surface area contributed by atoms with Crippen molar-refractivity contribution >= 4 is 201 Å². The van der Waals surface area contributed by atoms with Crippen molar-refractivity contribution in [3.05, 3.63) is 314 Å². The van der Waals surface area contributed by atoms with Gasteiger partial charge in [0.2, 0.25) is 0 Å². The summed E-state index contributed by atoms with van der Waals surface area (Å²) in [6, 6.07) is 74.9. The van der Waals surface area contributed by atoms with Gasteiger partial charge in [0, 0.05) is 138 Å². The van der Waals surface area contributed by atoms with E-state index in [2.05, 4.69) is 146 Å². The molecule has 132 heavy (non-hydrogen) atoms. The van der Waals surface area contributed by atoms with Crippen LogP contribution in [0.2, 0.25) is 0 Å². The Morgan fingerprint density at radius 3 is 1.20 bits per heavy atom. The van der Waals surface area contributed by atoms with Crippen LogP contribution in [0.1, 0.15) is 57.6 Å². The number of H-pyrrole nitrogens is 4. The van der Waals surface area contributed by atoms with Crippen LogP contribution in [0.4, 0.5) is 66.7 Å². The van der Waals surface area contributed by atoms with Crippen LogP contribution in [-0.2, 0) is 4.74 Å². The molecule has 22 aromatic rings. The lowest BCUT2D eigenvalue weighted by Crippen LogP contribution is -2.39. The van der Waals surface area contributed by atoms with Crippen molar-refractivity contribution in [3.63, 3.8) is 0 Å². The number of hydrogen-bond acceptors (Lipinski definition) is 26. The number of nitrogens with one attached hydrogen (secondary N) is 10. The van der Waals surface area contributed by atoms with E-state index in [1.165, 1.54) is 46.1 Å². The molecule has 32 heteroatoms. The van der Waals surface area contributed by atoms with E-state index in [9.17, 15) is 9.18 Å². The molecule has 14 heterocycles. The first kappa shape index (κ1) is 83.9. The molecule has 0 radical (unpaired) electrons. The second-order valence-electron chi connectivity index (χ2n) is 32.2. The van der Waals surface area contributed by atoms with Gasteiger partial charge in [0.15, 0.2) is 23.3 Å². The number of rotatable bonds is 15. The molecule has 0 unspecified atom stereocenters. The number of aromatic amines is 4. The number of aromatic nitrogens is 19. The third-order valence-electron chi connectivity index (χ3n) is 22.0. The van der Waals surface area contributed by atoms with Crippen LogP contribution < -0.4 is 31.9 Å². The lowest BCUT2D eigenvalue weighted by Gasteiger charge is -2.29. The van der Waals surface area contributed by atoms with Crippen molar-refractivity contribution in [2.45, 2.75) is 51.6 Å². The van der Waals surface area contributed by atoms with Gasteiger partial charge in [-0.15, -0.1) is 34.0 Å². The van der Waals surface area contributed by atoms with Gasteiger partial charge in [-0.25, -0.2) is 59.0 Å². The first-order chi connectivity index (χ1) is 64.7. The number of anilines is 10. The van der Waals surface area contributed by atoms with Crippen molar-refractivity contribution in [3.8, 4) is 32.1 Å². The Balaban J connectivity index is 0.000000103. The highest BCUT2D eigenvalue weighted by Gasteiger charge is 2.27. The summed E-state index contributed by atoms with van der Waals surface area (Å²) in [5.41, 5.74) is 19.1. The molecule has 1 amide bonds. The smallest absolute Gasteiger partial charge is 0.410 e. The normalized spacial score (nSPS) is 12.8. The summed E-state index contributed by atoms with van der Waals surface area (Å²) in [5, 5.41) is 43.8. The van der Waals surface area contributed by atoms with Crippen LogP contribution in [0.15, 0.2) is 297 Å². The number of amides is 1. The Bertz CT molecular complexity index is 7720. The van der Waals surface area contributed by atoms with E-state index < -0.39 is 5.60 Å². The van der Waals surface area contributed by atoms with Gasteiger partial charge < -0.3 is 51.5 Å². The molecule has 10 aromatic carbocycles. The number of halogens is 1. The van der Waals surface area contributed by atoms with Crippen molar-refractivity contribution in [2.75, 3.05) is 52.8 Å². The van der Waals surface area contributed by atoms with Crippen molar-refractivity contribution < 1.29 is 13.9 Å². The third-order valence-corrected chi connectivity index (χ3v) is 24.3. The highest BCUT2D eigenvalue weighted by molar-refractivity contribution is 7.13. The number of carbonyl (C=O) groups is 1. The van der Waals surface area contributed by atoms with Gasteiger partial charge in [0.25, 0.3) is 0 Å². The molecule has 0 spiro atoms. The summed E-state index contributed by atoms with van der Waals surface area (Å²) >= 11 is 4.54. The predicted octanol–water partition coefficient (Wildman–Crippen LogP) is 23.6. The van der Waals surface area contributed by atoms with Crippen LogP contribution in [0.25, 0.3) is 136 Å². The summed E-state index contributed by atoms with van der Waals surface area (Å²) in [5.74, 6) is 7.55. The Hall–Kier alpha value is -16.3. The zero-order valence-corrected chi connectivity index (χ0v) is 73.8. The first-order valence-corrected chi connectivity index (χ1v) is 45.4. The van der Waals surface area contributed by atoms with Crippen molar-refractivity contribution in [2.24, 2.45) is 0 Å². The molecule has 28 nitrogen and oxygen atoms in total. The second kappa shape index (κ2) is 37.9. The van der Waals surface area contributed by atoms with Gasteiger partial charge in [-0.2, -0.15) is 10.2 Å². The second-order valence-corrected chi connectivity index (χ2v) is 34.8. The van der Waals surface area contributed by atoms with E-state index >= 15 is 0 Å². The van der Waals surface area contributed by atoms with Crippen LogP contribution in [0.3, 0.4) is 0 Å². The van der Waals surface area contributed by atoms with Crippen LogP contribution in [-0.4, -0.2) is 138 Å². The predicted molar refractivity (Wildman–Crippen MR) is 528 cm³/mol. The minimum absolute atomic E-state index is 0.292. The Morgan fingerprint density at radius 2 is 0.795 bits per heavy atom. The molecule has 24 rings (SSSR count). The molecule has 0 aliphatic carbocycles. The number of piperidine rings is 1. The topological polar surface area (TPSA) is 358 Å². The summed E-state index contributed by atoms with van der Waals surface area (Å²) in [4.78, 5) is 83.1. The number of benzene rings is 10. The van der Waals surface area contributed by atoms with Gasteiger partial charge in [0.05, 0.1) is 82.2 Å². The van der Waals surface area contributed by atoms with Gasteiger partial charge in [-0.05, 0) is 222 Å². The standard InChI is InChI=1S/C26H27N5O2.C20H20N6.C19H13N5S.C18H12N6S.C17H11FN4S/c1-26(2,3)33-25(32)31-14-11-17(12-15-31)23-29-22-7-5-4-6-20(22)24(30-23)28-19-8-9-21-18(16-19)10-13-27-21;1-2-4-18-16(3-1)20(25-19(24-18)13-7-9-21-10-8-13)23-15-5-6-17-14(11-15)12-22-26-17;1-2-4-16-14(3-1)18(24-19(23-16)17-10-20-11-25-17)22-13-5-6-15-12(9-13)7-8-21-15;1-2-4-15-13(3-1)17(23-18(22-15)16-9-19-10-25-16)21-12-5-6-14-11(7-12)8-20-24-14;18-11-4-3-5-12(8-11)20-16-13-6-1-2-7-14(13)21-17(22-16)15-9-19-10-23-15/h4-11,13,16,27H,12,14-15H2,1-3H3,(H,28,29,30);1-6,11-13,21H,7-10H2,(H,22,26)(H,23,24,25);1-11,21H,(H,22,23,24);1-10H,(H,20,24)(H,21,22,23);1-10H,(H,20,21,22). The number of para-hydroxylation sites is 5. The Labute approximate surface area is 766 Å². The molecule has 1 saturated heterocycles. The Morgan fingerprint density at radius 1 is 0.409 bits per heavy atom. The number of thiazole rings is 3. The fourth-order valence-corrected chi connectivity index (χ4v) is 17.2. The molecule has 1 fully saturated rings. The number of ether oxygens (including phenoxy) is 1. The van der Waals surface area contributed by atoms with E-state index in [0.29, 0.717) is 60.2 Å². The maximum atomic E-state index is 13.4. The average Bonchev–Trinajstić information content (AvgIpc) is 0.786. The van der Waals surface area contributed by atoms with E-state index in [1.807, 2.05) is 203 Å². The van der Waals surface area contributed by atoms with Gasteiger partial charge in [-0.1, -0.05) is 72.8 Å². The van der Waals surface area contributed by atoms with E-state index in [1.54, 1.807) is 58.4 Å². The molecule has 0 atom stereocenters. The lowest BCUT2D eigenvalue weighted by molar-refractivity contribution is 0.0270. The lowest BCUT2D eigenvalue weighted by atomic mass is 9.97. The average molecular weight is 1800 g/mol.